The molecule has 0 aliphatic carbocycles. The molecule has 2 heterocycles. The van der Waals surface area contributed by atoms with Crippen LogP contribution in [-0.4, -0.2) is 54.8 Å². The number of carbonyl (C=O) groups excluding carboxylic acids is 1. The minimum atomic E-state index is -4.53. The van der Waals surface area contributed by atoms with Gasteiger partial charge in [-0.3, -0.25) is 4.79 Å². The second kappa shape index (κ2) is 10.4. The molecule has 38 heavy (non-hydrogen) atoms. The zero-order chi connectivity index (χ0) is 26.9. The predicted octanol–water partition coefficient (Wildman–Crippen LogP) is 5.81. The lowest BCUT2D eigenvalue weighted by Gasteiger charge is -2.25. The fourth-order valence-electron chi connectivity index (χ4n) is 4.57. The fraction of sp³-hybridized carbons (Fsp3) is 0.286. The smallest absolute Gasteiger partial charge is 0.416 e. The number of halogens is 4. The molecule has 10 heteroatoms. The predicted molar refractivity (Wildman–Crippen MR) is 134 cm³/mol. The van der Waals surface area contributed by atoms with Crippen molar-refractivity contribution in [1.29, 1.82) is 0 Å². The van der Waals surface area contributed by atoms with Crippen LogP contribution in [0.5, 0.6) is 17.2 Å². The number of ether oxygens (including phenoxy) is 2. The van der Waals surface area contributed by atoms with Gasteiger partial charge in [-0.1, -0.05) is 12.1 Å². The number of alkyl halides is 3. The third-order valence-electron chi connectivity index (χ3n) is 6.58. The van der Waals surface area contributed by atoms with Crippen molar-refractivity contribution in [2.75, 3.05) is 33.3 Å². The molecule has 3 aromatic rings. The van der Waals surface area contributed by atoms with Gasteiger partial charge in [0.2, 0.25) is 5.91 Å². The lowest BCUT2D eigenvalue weighted by Crippen LogP contribution is -2.38. The Bertz CT molecular complexity index is 1370. The molecule has 2 aliphatic heterocycles. The van der Waals surface area contributed by atoms with Gasteiger partial charge in [0.05, 0.1) is 24.7 Å². The van der Waals surface area contributed by atoms with Gasteiger partial charge in [-0.2, -0.15) is 13.2 Å². The molecule has 0 radical (unpaired) electrons. The largest absolute Gasteiger partial charge is 0.497 e. The van der Waals surface area contributed by atoms with E-state index in [1.165, 1.54) is 25.3 Å². The summed E-state index contributed by atoms with van der Waals surface area (Å²) >= 11 is 0. The van der Waals surface area contributed by atoms with Gasteiger partial charge in [-0.15, -0.1) is 0 Å². The van der Waals surface area contributed by atoms with Crippen molar-refractivity contribution < 1.29 is 31.8 Å². The average molecular weight is 528 g/mol. The summed E-state index contributed by atoms with van der Waals surface area (Å²) in [6.07, 6.45) is -3.74. The normalized spacial score (nSPS) is 15.4. The van der Waals surface area contributed by atoms with E-state index in [4.69, 9.17) is 9.47 Å². The molecule has 6 nitrogen and oxygen atoms in total. The van der Waals surface area contributed by atoms with Crippen LogP contribution in [0.15, 0.2) is 65.7 Å². The number of methoxy groups -OCH3 is 1. The van der Waals surface area contributed by atoms with E-state index in [0.29, 0.717) is 55.5 Å². The van der Waals surface area contributed by atoms with Gasteiger partial charge in [-0.25, -0.2) is 9.38 Å². The third-order valence-corrected chi connectivity index (χ3v) is 6.58. The van der Waals surface area contributed by atoms with Crippen LogP contribution in [0, 0.1) is 5.82 Å². The second-order valence-corrected chi connectivity index (χ2v) is 9.10. The fourth-order valence-corrected chi connectivity index (χ4v) is 4.57. The highest BCUT2D eigenvalue weighted by Gasteiger charge is 2.33. The Kier molecular flexibility index (Phi) is 6.96. The highest BCUT2D eigenvalue weighted by atomic mass is 19.4. The number of rotatable bonds is 3. The summed E-state index contributed by atoms with van der Waals surface area (Å²) in [6.45, 7) is 1.86. The monoisotopic (exact) mass is 527 g/mol. The van der Waals surface area contributed by atoms with Crippen LogP contribution in [-0.2, 0) is 17.4 Å². The standard InChI is InChI=1S/C28H25F4N3O3/c1-37-21-8-10-24-22(17-21)27(33-23-16-19(28(30,31)32)5-9-25(23)38-24)35-12-2-11-34(13-14-35)26(36)15-18-3-6-20(29)7-4-18/h3-10,16-17H,2,11-15H2,1H3. The Morgan fingerprint density at radius 1 is 0.974 bits per heavy atom. The quantitative estimate of drug-likeness (QED) is 0.403. The lowest BCUT2D eigenvalue weighted by atomic mass is 10.1. The van der Waals surface area contributed by atoms with Gasteiger partial charge in [0.25, 0.3) is 0 Å². The number of aliphatic imine (C=N–C) groups is 1. The summed E-state index contributed by atoms with van der Waals surface area (Å²) in [7, 11) is 1.52. The van der Waals surface area contributed by atoms with Crippen molar-refractivity contribution in [1.82, 2.24) is 9.80 Å². The number of hydrogen-bond donors (Lipinski definition) is 0. The molecule has 5 rings (SSSR count). The Hall–Kier alpha value is -4.08. The number of fused-ring (bicyclic) bond motifs is 2. The summed E-state index contributed by atoms with van der Waals surface area (Å²) in [5.41, 5.74) is 0.555. The number of benzene rings is 3. The molecule has 3 aromatic carbocycles. The van der Waals surface area contributed by atoms with Crippen LogP contribution in [0.2, 0.25) is 0 Å². The van der Waals surface area contributed by atoms with E-state index in [1.807, 2.05) is 4.90 Å². The highest BCUT2D eigenvalue weighted by Crippen LogP contribution is 2.42. The maximum Gasteiger partial charge on any atom is 0.416 e. The minimum absolute atomic E-state index is 0.0680. The molecule has 0 saturated carbocycles. The molecule has 1 fully saturated rings. The molecule has 0 spiro atoms. The van der Waals surface area contributed by atoms with Crippen molar-refractivity contribution in [3.8, 4) is 17.2 Å². The Morgan fingerprint density at radius 2 is 1.74 bits per heavy atom. The van der Waals surface area contributed by atoms with Crippen molar-refractivity contribution >= 4 is 17.4 Å². The first-order valence-electron chi connectivity index (χ1n) is 12.1. The van der Waals surface area contributed by atoms with Crippen molar-refractivity contribution in [3.05, 3.63) is 83.2 Å². The van der Waals surface area contributed by atoms with Crippen LogP contribution in [0.3, 0.4) is 0 Å². The van der Waals surface area contributed by atoms with Gasteiger partial charge in [-0.05, 0) is 60.5 Å². The van der Waals surface area contributed by atoms with Crippen LogP contribution >= 0.6 is 0 Å². The summed E-state index contributed by atoms with van der Waals surface area (Å²) in [4.78, 5) is 21.3. The van der Waals surface area contributed by atoms with Crippen LogP contribution in [0.25, 0.3) is 0 Å². The molecule has 0 unspecified atom stereocenters. The molecule has 1 amide bonds. The van der Waals surface area contributed by atoms with Crippen molar-refractivity contribution in [2.45, 2.75) is 19.0 Å². The molecular formula is C28H25F4N3O3. The van der Waals surface area contributed by atoms with Gasteiger partial charge in [0.15, 0.2) is 5.75 Å². The van der Waals surface area contributed by atoms with E-state index in [0.717, 1.165) is 17.7 Å². The number of carbonyl (C=O) groups is 1. The van der Waals surface area contributed by atoms with E-state index in [-0.39, 0.29) is 29.6 Å². The first-order valence-corrected chi connectivity index (χ1v) is 12.1. The van der Waals surface area contributed by atoms with Gasteiger partial charge >= 0.3 is 6.18 Å². The summed E-state index contributed by atoms with van der Waals surface area (Å²) in [6, 6.07) is 14.2. The van der Waals surface area contributed by atoms with Gasteiger partial charge in [0.1, 0.15) is 28.8 Å². The maximum absolute atomic E-state index is 13.4. The van der Waals surface area contributed by atoms with Crippen LogP contribution in [0.1, 0.15) is 23.1 Å². The van der Waals surface area contributed by atoms with E-state index in [1.54, 1.807) is 35.2 Å². The number of amidine groups is 1. The van der Waals surface area contributed by atoms with Crippen molar-refractivity contribution in [3.63, 3.8) is 0 Å². The first kappa shape index (κ1) is 25.6. The first-order chi connectivity index (χ1) is 18.2. The van der Waals surface area contributed by atoms with Gasteiger partial charge in [0, 0.05) is 26.2 Å². The number of amides is 1. The number of hydrogen-bond acceptors (Lipinski definition) is 5. The highest BCUT2D eigenvalue weighted by molar-refractivity contribution is 6.04. The summed E-state index contributed by atoms with van der Waals surface area (Å²) in [5.74, 6) is 1.21. The van der Waals surface area contributed by atoms with Gasteiger partial charge < -0.3 is 19.3 Å². The topological polar surface area (TPSA) is 54.4 Å². The van der Waals surface area contributed by atoms with Crippen molar-refractivity contribution in [2.24, 2.45) is 4.99 Å². The molecule has 0 bridgehead atoms. The Balaban J connectivity index is 1.44. The maximum atomic E-state index is 13.4. The minimum Gasteiger partial charge on any atom is -0.497 e. The summed E-state index contributed by atoms with van der Waals surface area (Å²) in [5, 5.41) is 0. The second-order valence-electron chi connectivity index (χ2n) is 9.10. The van der Waals surface area contributed by atoms with Crippen LogP contribution in [0.4, 0.5) is 23.2 Å². The van der Waals surface area contributed by atoms with E-state index >= 15 is 0 Å². The SMILES string of the molecule is COc1ccc2c(c1)C(N1CCCN(C(=O)Cc3ccc(F)cc3)CC1)=Nc1cc(C(F)(F)F)ccc1O2. The Labute approximate surface area is 217 Å². The lowest BCUT2D eigenvalue weighted by molar-refractivity contribution is -0.137. The molecular weight excluding hydrogens is 502 g/mol. The molecule has 198 valence electrons. The zero-order valence-electron chi connectivity index (χ0n) is 20.6. The molecule has 1 saturated heterocycles. The van der Waals surface area contributed by atoms with E-state index < -0.39 is 11.7 Å². The Morgan fingerprint density at radius 3 is 2.47 bits per heavy atom. The van der Waals surface area contributed by atoms with E-state index in [2.05, 4.69) is 4.99 Å². The van der Waals surface area contributed by atoms with E-state index in [9.17, 15) is 22.4 Å². The summed E-state index contributed by atoms with van der Waals surface area (Å²) < 4.78 is 65.0. The molecule has 2 aliphatic rings. The zero-order valence-corrected chi connectivity index (χ0v) is 20.6. The third kappa shape index (κ3) is 5.44. The molecule has 0 atom stereocenters. The average Bonchev–Trinajstić information content (AvgIpc) is 3.23. The number of nitrogens with zero attached hydrogens (tertiary/aromatic N) is 3. The van der Waals surface area contributed by atoms with Crippen LogP contribution < -0.4 is 9.47 Å². The molecule has 0 aromatic heterocycles. The molecule has 0 N–H and O–H groups in total.